The summed E-state index contributed by atoms with van der Waals surface area (Å²) in [6, 6.07) is 8.31. The van der Waals surface area contributed by atoms with Gasteiger partial charge in [-0.2, -0.15) is 0 Å². The largest absolute Gasteiger partial charge is 0.369 e. The van der Waals surface area contributed by atoms with Crippen LogP contribution in [0.4, 0.5) is 5.69 Å². The number of nitrogens with zero attached hydrogens (tertiary/aromatic N) is 5. The molecule has 3 heterocycles. The van der Waals surface area contributed by atoms with Gasteiger partial charge in [-0.05, 0) is 31.0 Å². The fourth-order valence-corrected chi connectivity index (χ4v) is 4.48. The molecule has 0 N–H and O–H groups in total. The molecule has 0 spiro atoms. The molecule has 1 aromatic carbocycles. The van der Waals surface area contributed by atoms with Crippen molar-refractivity contribution in [1.82, 2.24) is 19.6 Å². The van der Waals surface area contributed by atoms with Crippen LogP contribution in [-0.2, 0) is 6.54 Å². The van der Waals surface area contributed by atoms with Crippen molar-refractivity contribution in [2.75, 3.05) is 31.1 Å². The van der Waals surface area contributed by atoms with Crippen LogP contribution in [0.2, 0.25) is 0 Å². The molecule has 0 atom stereocenters. The van der Waals surface area contributed by atoms with Crippen molar-refractivity contribution < 1.29 is 4.52 Å². The highest BCUT2D eigenvalue weighted by atomic mass is 16.5. The summed E-state index contributed by atoms with van der Waals surface area (Å²) < 4.78 is 6.76. The summed E-state index contributed by atoms with van der Waals surface area (Å²) in [7, 11) is 0. The molecule has 1 saturated carbocycles. The van der Waals surface area contributed by atoms with Gasteiger partial charge in [0.25, 0.3) is 5.56 Å². The molecule has 146 valence electrons. The summed E-state index contributed by atoms with van der Waals surface area (Å²) in [6.45, 7) is 4.67. The Kier molecular flexibility index (Phi) is 4.60. The van der Waals surface area contributed by atoms with Gasteiger partial charge in [0, 0.05) is 50.5 Å². The maximum absolute atomic E-state index is 12.9. The number of benzene rings is 1. The van der Waals surface area contributed by atoms with Gasteiger partial charge < -0.3 is 9.42 Å². The lowest BCUT2D eigenvalue weighted by molar-refractivity contribution is 0.242. The van der Waals surface area contributed by atoms with E-state index in [1.807, 2.05) is 16.7 Å². The fourth-order valence-electron chi connectivity index (χ4n) is 4.48. The van der Waals surface area contributed by atoms with Crippen molar-refractivity contribution in [3.63, 3.8) is 0 Å². The van der Waals surface area contributed by atoms with Gasteiger partial charge in [-0.3, -0.25) is 14.3 Å². The first-order chi connectivity index (χ1) is 13.8. The Morgan fingerprint density at radius 3 is 2.64 bits per heavy atom. The minimum Gasteiger partial charge on any atom is -0.369 e. The second-order valence-corrected chi connectivity index (χ2v) is 7.85. The zero-order valence-corrected chi connectivity index (χ0v) is 16.0. The molecule has 2 aliphatic rings. The summed E-state index contributed by atoms with van der Waals surface area (Å²) in [5.74, 6) is 0. The van der Waals surface area contributed by atoms with Crippen LogP contribution in [-0.4, -0.2) is 45.8 Å². The first kappa shape index (κ1) is 17.4. The molecule has 5 rings (SSSR count). The van der Waals surface area contributed by atoms with Crippen LogP contribution in [0.25, 0.3) is 10.9 Å². The molecule has 3 aromatic rings. The standard InChI is InChI=1S/C21H25N5O2/c27-21-19-6-5-18(13-20(19)22-15-26(21)17-3-1-2-4-17)25-10-8-24(9-11-25)14-16-7-12-28-23-16/h5-7,12-13,15,17H,1-4,8-11,14H2. The Hall–Kier alpha value is -2.67. The Morgan fingerprint density at radius 1 is 1.07 bits per heavy atom. The van der Waals surface area contributed by atoms with Gasteiger partial charge in [-0.15, -0.1) is 0 Å². The molecular formula is C21H25N5O2. The first-order valence-electron chi connectivity index (χ1n) is 10.2. The maximum atomic E-state index is 12.9. The van der Waals surface area contributed by atoms with E-state index in [-0.39, 0.29) is 5.56 Å². The monoisotopic (exact) mass is 379 g/mol. The average molecular weight is 379 g/mol. The van der Waals surface area contributed by atoms with Crippen molar-refractivity contribution >= 4 is 16.6 Å². The SMILES string of the molecule is O=c1c2ccc(N3CCN(Cc4ccon4)CC3)cc2ncn1C1CCCC1. The summed E-state index contributed by atoms with van der Waals surface area (Å²) in [4.78, 5) is 22.2. The summed E-state index contributed by atoms with van der Waals surface area (Å²) in [6.07, 6.45) is 7.95. The first-order valence-corrected chi connectivity index (χ1v) is 10.2. The smallest absolute Gasteiger partial charge is 0.261 e. The zero-order chi connectivity index (χ0) is 18.9. The normalized spacial score (nSPS) is 18.9. The van der Waals surface area contributed by atoms with Crippen molar-refractivity contribution in [2.24, 2.45) is 0 Å². The minimum absolute atomic E-state index is 0.0980. The molecular weight excluding hydrogens is 354 g/mol. The molecule has 2 aromatic heterocycles. The van der Waals surface area contributed by atoms with Gasteiger partial charge in [0.15, 0.2) is 0 Å². The van der Waals surface area contributed by atoms with Crippen LogP contribution in [0.15, 0.2) is 46.2 Å². The number of fused-ring (bicyclic) bond motifs is 1. The fraction of sp³-hybridized carbons (Fsp3) is 0.476. The zero-order valence-electron chi connectivity index (χ0n) is 16.0. The highest BCUT2D eigenvalue weighted by Gasteiger charge is 2.21. The van der Waals surface area contributed by atoms with Crippen LogP contribution in [0.3, 0.4) is 0 Å². The number of piperazine rings is 1. The molecule has 1 saturated heterocycles. The topological polar surface area (TPSA) is 67.4 Å². The van der Waals surface area contributed by atoms with Gasteiger partial charge in [-0.1, -0.05) is 18.0 Å². The predicted octanol–water partition coefficient (Wildman–Crippen LogP) is 2.82. The van der Waals surface area contributed by atoms with E-state index in [2.05, 4.69) is 32.1 Å². The number of hydrogen-bond acceptors (Lipinski definition) is 6. The molecule has 2 fully saturated rings. The van der Waals surface area contributed by atoms with E-state index < -0.39 is 0 Å². The van der Waals surface area contributed by atoms with E-state index in [9.17, 15) is 4.79 Å². The van der Waals surface area contributed by atoms with Crippen LogP contribution < -0.4 is 10.5 Å². The molecule has 0 unspecified atom stereocenters. The van der Waals surface area contributed by atoms with Crippen LogP contribution in [0.1, 0.15) is 37.4 Å². The second kappa shape index (κ2) is 7.39. The predicted molar refractivity (Wildman–Crippen MR) is 108 cm³/mol. The lowest BCUT2D eigenvalue weighted by atomic mass is 10.1. The van der Waals surface area contributed by atoms with E-state index in [4.69, 9.17) is 4.52 Å². The quantitative estimate of drug-likeness (QED) is 0.694. The van der Waals surface area contributed by atoms with Gasteiger partial charge in [0.2, 0.25) is 0 Å². The lowest BCUT2D eigenvalue weighted by Gasteiger charge is -2.35. The molecule has 1 aliphatic carbocycles. The Balaban J connectivity index is 1.31. The van der Waals surface area contributed by atoms with E-state index >= 15 is 0 Å². The van der Waals surface area contributed by atoms with Crippen molar-refractivity contribution in [3.8, 4) is 0 Å². The summed E-state index contributed by atoms with van der Waals surface area (Å²) in [5, 5.41) is 4.72. The molecule has 7 heteroatoms. The van der Waals surface area contributed by atoms with Crippen molar-refractivity contribution in [2.45, 2.75) is 38.3 Å². The molecule has 1 aliphatic heterocycles. The highest BCUT2D eigenvalue weighted by Crippen LogP contribution is 2.28. The van der Waals surface area contributed by atoms with Crippen molar-refractivity contribution in [1.29, 1.82) is 0 Å². The average Bonchev–Trinajstić information content (AvgIpc) is 3.43. The summed E-state index contributed by atoms with van der Waals surface area (Å²) >= 11 is 0. The van der Waals surface area contributed by atoms with Gasteiger partial charge in [0.05, 0.1) is 22.9 Å². The van der Waals surface area contributed by atoms with E-state index in [0.717, 1.165) is 67.8 Å². The third-order valence-corrected chi connectivity index (χ3v) is 6.10. The Labute approximate surface area is 163 Å². The van der Waals surface area contributed by atoms with Crippen LogP contribution >= 0.6 is 0 Å². The third-order valence-electron chi connectivity index (χ3n) is 6.10. The highest BCUT2D eigenvalue weighted by molar-refractivity contribution is 5.81. The van der Waals surface area contributed by atoms with Crippen molar-refractivity contribution in [3.05, 3.63) is 52.9 Å². The van der Waals surface area contributed by atoms with E-state index in [0.29, 0.717) is 6.04 Å². The summed E-state index contributed by atoms with van der Waals surface area (Å²) in [5.41, 5.74) is 3.00. The van der Waals surface area contributed by atoms with E-state index in [1.165, 1.54) is 12.8 Å². The van der Waals surface area contributed by atoms with Gasteiger partial charge in [0.1, 0.15) is 6.26 Å². The molecule has 0 radical (unpaired) electrons. The second-order valence-electron chi connectivity index (χ2n) is 7.85. The van der Waals surface area contributed by atoms with Gasteiger partial charge >= 0.3 is 0 Å². The Bertz CT molecular complexity index is 999. The molecule has 7 nitrogen and oxygen atoms in total. The van der Waals surface area contributed by atoms with Crippen LogP contribution in [0, 0.1) is 0 Å². The van der Waals surface area contributed by atoms with Crippen LogP contribution in [0.5, 0.6) is 0 Å². The van der Waals surface area contributed by atoms with E-state index in [1.54, 1.807) is 12.6 Å². The van der Waals surface area contributed by atoms with Gasteiger partial charge in [-0.25, -0.2) is 4.98 Å². The number of anilines is 1. The minimum atomic E-state index is 0.0980. The third kappa shape index (κ3) is 3.30. The molecule has 0 bridgehead atoms. The maximum Gasteiger partial charge on any atom is 0.261 e. The number of rotatable bonds is 4. The number of aromatic nitrogens is 3. The molecule has 28 heavy (non-hydrogen) atoms. The lowest BCUT2D eigenvalue weighted by Crippen LogP contribution is -2.46. The molecule has 0 amide bonds. The Morgan fingerprint density at radius 2 is 1.89 bits per heavy atom. The number of hydrogen-bond donors (Lipinski definition) is 0.